The van der Waals surface area contributed by atoms with E-state index >= 15 is 0 Å². The van der Waals surface area contributed by atoms with Gasteiger partial charge in [0.25, 0.3) is 0 Å². The number of furan rings is 1. The van der Waals surface area contributed by atoms with E-state index in [1.165, 1.54) is 22.3 Å². The van der Waals surface area contributed by atoms with E-state index in [4.69, 9.17) is 12.1 Å². The first-order valence-electron chi connectivity index (χ1n) is 22.5. The number of rotatable bonds is 9. The fraction of sp³-hybridized carbons (Fsp3) is 0.182. The smallest absolute Gasteiger partial charge is 0 e. The van der Waals surface area contributed by atoms with Gasteiger partial charge in [-0.15, -0.1) is 28.4 Å². The van der Waals surface area contributed by atoms with Gasteiger partial charge in [0.1, 0.15) is 11.1 Å². The number of para-hydroxylation sites is 1. The van der Waals surface area contributed by atoms with Crippen molar-refractivity contribution in [2.75, 3.05) is 0 Å². The Kier molecular flexibility index (Phi) is 12.4. The molecular weight excluding hydrogens is 1030 g/mol. The Bertz CT molecular complexity index is 3270. The number of pyridine rings is 1. The van der Waals surface area contributed by atoms with Gasteiger partial charge < -0.3 is 8.98 Å². The molecule has 0 aliphatic carbocycles. The number of fused-ring (bicyclic) bond motifs is 4. The fourth-order valence-corrected chi connectivity index (χ4v) is 11.1. The number of nitrogens with zero attached hydrogens (tertiary/aromatic N) is 6. The maximum absolute atomic E-state index is 8.85. The predicted molar refractivity (Wildman–Crippen MR) is 260 cm³/mol. The van der Waals surface area contributed by atoms with Crippen molar-refractivity contribution in [3.63, 3.8) is 0 Å². The van der Waals surface area contributed by atoms with Crippen LogP contribution in [0.2, 0.25) is 17.3 Å². The van der Waals surface area contributed by atoms with Crippen LogP contribution in [-0.2, 0) is 26.5 Å². The molecule has 6 aromatic carbocycles. The quantitative estimate of drug-likeness (QED) is 0.106. The van der Waals surface area contributed by atoms with Gasteiger partial charge in [0.15, 0.2) is 5.65 Å². The van der Waals surface area contributed by atoms with Crippen LogP contribution in [0.15, 0.2) is 156 Å². The molecule has 9 heteroatoms. The molecule has 7 nitrogen and oxygen atoms in total. The van der Waals surface area contributed by atoms with Crippen LogP contribution in [0.3, 0.4) is 0 Å². The van der Waals surface area contributed by atoms with E-state index in [0.717, 1.165) is 59.9 Å². The normalized spacial score (nSPS) is 12.3. The van der Waals surface area contributed by atoms with Crippen LogP contribution in [0, 0.1) is 12.1 Å². The molecule has 1 radical (unpaired) electrons. The molecule has 10 rings (SSSR count). The molecule has 0 saturated heterocycles. The van der Waals surface area contributed by atoms with Crippen LogP contribution in [0.4, 0.5) is 0 Å². The predicted octanol–water partition coefficient (Wildman–Crippen LogP) is 13.2. The van der Waals surface area contributed by atoms with E-state index in [0.29, 0.717) is 17.0 Å². The maximum atomic E-state index is 8.85. The third-order valence-electron chi connectivity index (χ3n) is 11.3. The summed E-state index contributed by atoms with van der Waals surface area (Å²) in [6, 6.07) is 52.9. The van der Waals surface area contributed by atoms with E-state index in [9.17, 15) is 0 Å². The van der Waals surface area contributed by atoms with E-state index in [1.807, 2.05) is 97.2 Å². The molecule has 10 aromatic rings. The molecule has 4 aromatic heterocycles. The largest absolute Gasteiger partial charge is 0 e. The Morgan fingerprint density at radius 3 is 2.09 bits per heavy atom. The summed E-state index contributed by atoms with van der Waals surface area (Å²) in [5.74, 6) is 8.02. The minimum Gasteiger partial charge on any atom is 0 e. The first kappa shape index (κ1) is 41.9. The van der Waals surface area contributed by atoms with Crippen molar-refractivity contribution in [1.82, 2.24) is 29.9 Å². The first-order valence-corrected chi connectivity index (χ1v) is 28.8. The summed E-state index contributed by atoms with van der Waals surface area (Å²) in [5.41, 5.74) is 12.7. The SMILES string of the molecule is CC(C)c1cc(-c2ccccc2)cc(C(C)C)c1-n1c(-c2[c-]ccc3c2oc2ccccc23)nc2nnncc21.[2H]C([2H])(c1ccccc1)c1cc(-c2[c-]cccc2)nc[c]1[Ge]([CH3])([CH3])[CH3].[Ir]. The van der Waals surface area contributed by atoms with Crippen molar-refractivity contribution < 1.29 is 27.3 Å². The Hall–Kier alpha value is -6.06. The topological polar surface area (TPSA) is 82.5 Å². The second kappa shape index (κ2) is 19.0. The van der Waals surface area contributed by atoms with Crippen molar-refractivity contribution in [1.29, 1.82) is 0 Å². The second-order valence-electron chi connectivity index (χ2n) is 17.4. The first-order chi connectivity index (χ1) is 31.3. The average molecular weight is 1080 g/mol. The molecule has 0 aliphatic rings. The summed E-state index contributed by atoms with van der Waals surface area (Å²) >= 11 is -2.30. The van der Waals surface area contributed by atoms with Gasteiger partial charge in [0, 0.05) is 31.2 Å². The number of hydrogen-bond acceptors (Lipinski definition) is 6. The van der Waals surface area contributed by atoms with Crippen molar-refractivity contribution in [2.45, 2.75) is 63.2 Å². The Labute approximate surface area is 394 Å². The summed E-state index contributed by atoms with van der Waals surface area (Å²) in [4.78, 5) is 9.65. The van der Waals surface area contributed by atoms with Crippen LogP contribution in [-0.4, -0.2) is 43.2 Å². The van der Waals surface area contributed by atoms with Crippen molar-refractivity contribution in [2.24, 2.45) is 0 Å². The van der Waals surface area contributed by atoms with Crippen LogP contribution < -0.4 is 4.40 Å². The van der Waals surface area contributed by atoms with Crippen LogP contribution in [0.5, 0.6) is 0 Å². The zero-order valence-corrected chi connectivity index (χ0v) is 41.5. The van der Waals surface area contributed by atoms with Gasteiger partial charge in [-0.3, -0.25) is 4.98 Å². The molecule has 0 unspecified atom stereocenters. The molecule has 0 atom stereocenters. The van der Waals surface area contributed by atoms with E-state index in [-0.39, 0.29) is 31.9 Å². The number of aromatic nitrogens is 6. The molecule has 0 spiro atoms. The molecule has 0 aliphatic heterocycles. The van der Waals surface area contributed by atoms with Crippen LogP contribution in [0.25, 0.3) is 72.6 Å². The Morgan fingerprint density at radius 2 is 1.41 bits per heavy atom. The number of imidazole rings is 1. The third-order valence-corrected chi connectivity index (χ3v) is 15.5. The van der Waals surface area contributed by atoms with Gasteiger partial charge in [0.05, 0.1) is 17.6 Å². The summed E-state index contributed by atoms with van der Waals surface area (Å²) in [7, 11) is 0. The Morgan fingerprint density at radius 1 is 0.719 bits per heavy atom. The molecule has 0 bridgehead atoms. The monoisotopic (exact) mass is 1080 g/mol. The minimum absolute atomic E-state index is 0. The minimum atomic E-state index is -2.30. The van der Waals surface area contributed by atoms with E-state index in [2.05, 4.69) is 131 Å². The third kappa shape index (κ3) is 9.00. The Balaban J connectivity index is 0.000000197. The van der Waals surface area contributed by atoms with Crippen LogP contribution in [0.1, 0.15) is 64.5 Å². The average Bonchev–Trinajstić information content (AvgIpc) is 3.90. The maximum Gasteiger partial charge on any atom is 0 e. The van der Waals surface area contributed by atoms with Gasteiger partial charge in [-0.2, -0.15) is 0 Å². The molecule has 64 heavy (non-hydrogen) atoms. The summed E-state index contributed by atoms with van der Waals surface area (Å²) in [6.07, 6.45) is 2.09. The molecule has 0 N–H and O–H groups in total. The summed E-state index contributed by atoms with van der Waals surface area (Å²) in [6.45, 7) is 8.95. The van der Waals surface area contributed by atoms with E-state index in [1.54, 1.807) is 6.20 Å². The van der Waals surface area contributed by atoms with Crippen molar-refractivity contribution in [3.8, 4) is 39.5 Å². The molecule has 4 heterocycles. The van der Waals surface area contributed by atoms with E-state index < -0.39 is 19.6 Å². The zero-order chi connectivity index (χ0) is 45.5. The van der Waals surface area contributed by atoms with Crippen LogP contribution >= 0.6 is 0 Å². The summed E-state index contributed by atoms with van der Waals surface area (Å²) < 4.78 is 27.4. The molecular formula is C55H50GeIrN6O-2. The molecule has 0 saturated carbocycles. The number of benzene rings is 6. The van der Waals surface area contributed by atoms with Gasteiger partial charge in [-0.1, -0.05) is 87.2 Å². The van der Waals surface area contributed by atoms with Crippen molar-refractivity contribution >= 4 is 50.8 Å². The zero-order valence-electron chi connectivity index (χ0n) is 39.0. The number of hydrogen-bond donors (Lipinski definition) is 0. The molecule has 321 valence electrons. The summed E-state index contributed by atoms with van der Waals surface area (Å²) in [5, 5.41) is 14.5. The molecule has 0 amide bonds. The van der Waals surface area contributed by atoms with Gasteiger partial charge >= 0.3 is 144 Å². The van der Waals surface area contributed by atoms with Gasteiger partial charge in [-0.25, -0.2) is 0 Å². The van der Waals surface area contributed by atoms with Gasteiger partial charge in [-0.05, 0) is 57.5 Å². The standard InChI is InChI=1S/C34H28N5O.C21H22GeN.Ir/c1-20(2)27-17-23(22-11-6-5-7-12-22)18-28(21(3)4)31(27)39-29-19-35-38-37-33(29)36-34(39)26-15-10-14-25-24-13-8-9-16-30(24)40-32(25)26;1-22(2,3)20-16-23-21(18-12-8-5-9-13-18)15-19(20)14-17-10-6-4-7-11-17;/h5-14,16-21H,1-4H3;4-12,15-16H,14H2,1-3H3;/q2*-1;/i;14D2;. The van der Waals surface area contributed by atoms with Gasteiger partial charge in [0.2, 0.25) is 0 Å². The second-order valence-corrected chi connectivity index (χ2v) is 28.0. The molecule has 0 fully saturated rings. The van der Waals surface area contributed by atoms with Crippen molar-refractivity contribution in [3.05, 3.63) is 186 Å². The fourth-order valence-electron chi connectivity index (χ4n) is 8.16.